The third kappa shape index (κ3) is 7.37. The first kappa shape index (κ1) is 29.5. The normalized spacial score (nSPS) is 24.4. The van der Waals surface area contributed by atoms with Gasteiger partial charge in [0.25, 0.3) is 0 Å². The Morgan fingerprint density at radius 3 is 1.79 bits per heavy atom. The third-order valence-corrected chi connectivity index (χ3v) is 8.22. The Morgan fingerprint density at radius 2 is 1.28 bits per heavy atom. The molecule has 0 N–H and O–H groups in total. The minimum absolute atomic E-state index is 0.251. The molecule has 0 aliphatic heterocycles. The summed E-state index contributed by atoms with van der Waals surface area (Å²) in [5.74, 6) is -5.41. The van der Waals surface area contributed by atoms with Crippen LogP contribution in [0, 0.1) is 41.1 Å². The van der Waals surface area contributed by atoms with E-state index in [-0.39, 0.29) is 12.8 Å². The average molecular weight is 565 g/mol. The van der Waals surface area contributed by atoms with E-state index < -0.39 is 58.5 Å². The van der Waals surface area contributed by atoms with E-state index >= 15 is 0 Å². The molecular formula is C29H32F8O2. The second kappa shape index (κ2) is 11.9. The van der Waals surface area contributed by atoms with Crippen molar-refractivity contribution in [1.29, 1.82) is 0 Å². The van der Waals surface area contributed by atoms with Crippen LogP contribution < -0.4 is 9.47 Å². The second-order valence-electron chi connectivity index (χ2n) is 10.8. The van der Waals surface area contributed by atoms with Crippen molar-refractivity contribution in [2.24, 2.45) is 23.7 Å². The zero-order chi connectivity index (χ0) is 28.4. The summed E-state index contributed by atoms with van der Waals surface area (Å²) in [7, 11) is 0. The standard InChI is InChI=1S/C29H32F8O2/c1-2-3-17-4-6-18(7-5-17)19-8-11-21(12-9-19)28(33,34)38-22-15-24(31)27(25(32)16-22)20-10-13-26(23(30)14-20)39-29(35,36)37/h10,13-19,21H,2-9,11-12H2,1H3. The average Bonchev–Trinajstić information content (AvgIpc) is 2.85. The van der Waals surface area contributed by atoms with E-state index in [9.17, 15) is 35.1 Å². The van der Waals surface area contributed by atoms with E-state index in [0.717, 1.165) is 24.8 Å². The predicted molar refractivity (Wildman–Crippen MR) is 130 cm³/mol. The minimum atomic E-state index is -5.16. The lowest BCUT2D eigenvalue weighted by Crippen LogP contribution is -2.38. The van der Waals surface area contributed by atoms with Crippen LogP contribution in [-0.2, 0) is 0 Å². The summed E-state index contributed by atoms with van der Waals surface area (Å²) in [6.45, 7) is 2.19. The van der Waals surface area contributed by atoms with Crippen molar-refractivity contribution in [3.8, 4) is 22.6 Å². The molecule has 2 aromatic carbocycles. The van der Waals surface area contributed by atoms with Gasteiger partial charge in [-0.25, -0.2) is 13.2 Å². The van der Waals surface area contributed by atoms with Gasteiger partial charge < -0.3 is 9.47 Å². The molecular weight excluding hydrogens is 532 g/mol. The lowest BCUT2D eigenvalue weighted by Gasteiger charge is -2.39. The number of hydrogen-bond donors (Lipinski definition) is 0. The Bertz CT molecular complexity index is 1090. The van der Waals surface area contributed by atoms with Gasteiger partial charge in [-0.1, -0.05) is 38.7 Å². The largest absolute Gasteiger partial charge is 0.573 e. The molecule has 2 nitrogen and oxygen atoms in total. The van der Waals surface area contributed by atoms with Gasteiger partial charge in [-0.2, -0.15) is 8.78 Å². The molecule has 2 aliphatic rings. The molecule has 0 bridgehead atoms. The van der Waals surface area contributed by atoms with E-state index in [2.05, 4.69) is 11.7 Å². The van der Waals surface area contributed by atoms with Gasteiger partial charge in [0.15, 0.2) is 11.6 Å². The Balaban J connectivity index is 1.38. The number of rotatable bonds is 8. The van der Waals surface area contributed by atoms with Crippen LogP contribution in [0.25, 0.3) is 11.1 Å². The van der Waals surface area contributed by atoms with Crippen molar-refractivity contribution in [3.63, 3.8) is 0 Å². The molecule has 0 aromatic heterocycles. The first-order valence-electron chi connectivity index (χ1n) is 13.5. The summed E-state index contributed by atoms with van der Waals surface area (Å²) in [6, 6.07) is 2.99. The number of halogens is 8. The molecule has 4 rings (SSSR count). The SMILES string of the molecule is CCCC1CCC(C2CCC(C(F)(F)Oc3cc(F)c(-c4ccc(OC(F)(F)F)c(F)c4)c(F)c3)CC2)CC1. The van der Waals surface area contributed by atoms with Gasteiger partial charge in [0.05, 0.1) is 11.5 Å². The Kier molecular flexibility index (Phi) is 9.01. The maximum Gasteiger partial charge on any atom is 0.573 e. The molecule has 0 amide bonds. The molecule has 0 saturated heterocycles. The molecule has 2 aliphatic carbocycles. The van der Waals surface area contributed by atoms with Crippen molar-refractivity contribution in [3.05, 3.63) is 47.8 Å². The fraction of sp³-hybridized carbons (Fsp3) is 0.586. The summed E-state index contributed by atoms with van der Waals surface area (Å²) in [6.07, 6.45) is 0.114. The van der Waals surface area contributed by atoms with Crippen LogP contribution in [0.5, 0.6) is 11.5 Å². The lowest BCUT2D eigenvalue weighted by atomic mass is 9.68. The van der Waals surface area contributed by atoms with E-state index in [1.54, 1.807) is 0 Å². The van der Waals surface area contributed by atoms with E-state index in [1.807, 2.05) is 0 Å². The zero-order valence-corrected chi connectivity index (χ0v) is 21.6. The predicted octanol–water partition coefficient (Wildman–Crippen LogP) is 10.1. The quantitative estimate of drug-likeness (QED) is 0.297. The molecule has 0 spiro atoms. The summed E-state index contributed by atoms with van der Waals surface area (Å²) >= 11 is 0. The molecule has 216 valence electrons. The smallest absolute Gasteiger partial charge is 0.432 e. The highest BCUT2D eigenvalue weighted by molar-refractivity contribution is 5.66. The maximum atomic E-state index is 15.0. The highest BCUT2D eigenvalue weighted by atomic mass is 19.4. The van der Waals surface area contributed by atoms with Crippen LogP contribution in [0.4, 0.5) is 35.1 Å². The first-order chi connectivity index (χ1) is 18.4. The van der Waals surface area contributed by atoms with Gasteiger partial charge in [-0.15, -0.1) is 13.2 Å². The number of ether oxygens (including phenoxy) is 2. The van der Waals surface area contributed by atoms with Crippen LogP contribution in [0.15, 0.2) is 30.3 Å². The molecule has 2 fully saturated rings. The van der Waals surface area contributed by atoms with Crippen molar-refractivity contribution in [1.82, 2.24) is 0 Å². The summed E-state index contributed by atoms with van der Waals surface area (Å²) < 4.78 is 119. The second-order valence-corrected chi connectivity index (χ2v) is 10.8. The van der Waals surface area contributed by atoms with E-state index in [4.69, 9.17) is 4.74 Å². The van der Waals surface area contributed by atoms with Crippen LogP contribution in [0.1, 0.15) is 71.1 Å². The summed E-state index contributed by atoms with van der Waals surface area (Å²) in [5, 5.41) is 0. The number of hydrogen-bond acceptors (Lipinski definition) is 2. The van der Waals surface area contributed by atoms with Gasteiger partial charge in [0, 0.05) is 12.1 Å². The highest BCUT2D eigenvalue weighted by Gasteiger charge is 2.45. The molecule has 10 heteroatoms. The van der Waals surface area contributed by atoms with Crippen molar-refractivity contribution < 1.29 is 44.6 Å². The first-order valence-corrected chi connectivity index (χ1v) is 13.5. The summed E-state index contributed by atoms with van der Waals surface area (Å²) in [4.78, 5) is 0. The maximum absolute atomic E-state index is 15.0. The van der Waals surface area contributed by atoms with Crippen LogP contribution in [0.2, 0.25) is 0 Å². The van der Waals surface area contributed by atoms with Crippen molar-refractivity contribution >= 4 is 0 Å². The fourth-order valence-electron chi connectivity index (χ4n) is 6.27. The minimum Gasteiger partial charge on any atom is -0.432 e. The summed E-state index contributed by atoms with van der Waals surface area (Å²) in [5.41, 5.74) is -1.23. The number of alkyl halides is 5. The highest BCUT2D eigenvalue weighted by Crippen LogP contribution is 2.46. The van der Waals surface area contributed by atoms with Crippen molar-refractivity contribution in [2.75, 3.05) is 0 Å². The van der Waals surface area contributed by atoms with Gasteiger partial charge in [0.2, 0.25) is 0 Å². The third-order valence-electron chi connectivity index (χ3n) is 8.22. The van der Waals surface area contributed by atoms with Gasteiger partial charge in [-0.3, -0.25) is 0 Å². The van der Waals surface area contributed by atoms with Gasteiger partial charge >= 0.3 is 12.5 Å². The molecule has 2 saturated carbocycles. The molecule has 39 heavy (non-hydrogen) atoms. The lowest BCUT2D eigenvalue weighted by molar-refractivity contribution is -0.275. The Labute approximate surface area is 222 Å². The zero-order valence-electron chi connectivity index (χ0n) is 21.6. The van der Waals surface area contributed by atoms with Gasteiger partial charge in [-0.05, 0) is 74.0 Å². The van der Waals surface area contributed by atoms with Crippen LogP contribution in [-0.4, -0.2) is 12.5 Å². The van der Waals surface area contributed by atoms with E-state index in [0.29, 0.717) is 48.9 Å². The van der Waals surface area contributed by atoms with Gasteiger partial charge in [0.1, 0.15) is 17.4 Å². The molecule has 0 unspecified atom stereocenters. The fourth-order valence-corrected chi connectivity index (χ4v) is 6.27. The van der Waals surface area contributed by atoms with Crippen LogP contribution >= 0.6 is 0 Å². The molecule has 0 heterocycles. The Morgan fingerprint density at radius 1 is 0.718 bits per heavy atom. The number of benzene rings is 2. The molecule has 0 radical (unpaired) electrons. The molecule has 2 aromatic rings. The van der Waals surface area contributed by atoms with Crippen LogP contribution in [0.3, 0.4) is 0 Å². The van der Waals surface area contributed by atoms with Crippen molar-refractivity contribution in [2.45, 2.75) is 83.6 Å². The molecule has 0 atom stereocenters. The van der Waals surface area contributed by atoms with E-state index in [1.165, 1.54) is 25.7 Å². The Hall–Kier alpha value is -2.52. The monoisotopic (exact) mass is 564 g/mol. The topological polar surface area (TPSA) is 18.5 Å².